The second kappa shape index (κ2) is 5.96. The van der Waals surface area contributed by atoms with E-state index in [-0.39, 0.29) is 6.61 Å². The second-order valence-corrected chi connectivity index (χ2v) is 3.79. The molecule has 1 aromatic rings. The van der Waals surface area contributed by atoms with Gasteiger partial charge in [-0.15, -0.1) is 13.2 Å². The van der Waals surface area contributed by atoms with Crippen LogP contribution in [0.2, 0.25) is 5.15 Å². The van der Waals surface area contributed by atoms with Crippen molar-refractivity contribution in [2.45, 2.75) is 19.5 Å². The van der Waals surface area contributed by atoms with E-state index in [1.807, 2.05) is 0 Å². The zero-order valence-electron chi connectivity index (χ0n) is 10.1. The lowest BCUT2D eigenvalue weighted by atomic mass is 10.1. The number of esters is 1. The van der Waals surface area contributed by atoms with Gasteiger partial charge in [0.2, 0.25) is 0 Å². The summed E-state index contributed by atoms with van der Waals surface area (Å²) < 4.78 is 82.8. The predicted molar refractivity (Wildman–Crippen MR) is 56.9 cm³/mol. The Balaban J connectivity index is 3.55. The molecule has 0 unspecified atom stereocenters. The number of halogens is 7. The Morgan fingerprint density at radius 3 is 2.29 bits per heavy atom. The smallest absolute Gasteiger partial charge is 0.462 e. The predicted octanol–water partition coefficient (Wildman–Crippen LogP) is 3.83. The van der Waals surface area contributed by atoms with Crippen molar-refractivity contribution in [3.05, 3.63) is 22.5 Å². The van der Waals surface area contributed by atoms with Gasteiger partial charge in [0.15, 0.2) is 5.75 Å². The highest BCUT2D eigenvalue weighted by atomic mass is 35.5. The number of ether oxygens (including phenoxy) is 2. The summed E-state index contributed by atoms with van der Waals surface area (Å²) in [7, 11) is 0. The van der Waals surface area contributed by atoms with Crippen LogP contribution in [-0.2, 0) is 10.9 Å². The van der Waals surface area contributed by atoms with Crippen LogP contribution in [0, 0.1) is 0 Å². The van der Waals surface area contributed by atoms with Crippen LogP contribution in [0.3, 0.4) is 0 Å². The first-order valence-electron chi connectivity index (χ1n) is 5.16. The molecule has 0 aliphatic rings. The van der Waals surface area contributed by atoms with Gasteiger partial charge in [0.25, 0.3) is 0 Å². The Kier molecular flexibility index (Phi) is 4.92. The highest BCUT2D eigenvalue weighted by molar-refractivity contribution is 6.30. The lowest BCUT2D eigenvalue weighted by molar-refractivity contribution is -0.276. The first-order valence-corrected chi connectivity index (χ1v) is 5.53. The minimum absolute atomic E-state index is 0.270. The van der Waals surface area contributed by atoms with Crippen LogP contribution >= 0.6 is 11.6 Å². The molecule has 0 atom stereocenters. The van der Waals surface area contributed by atoms with Crippen molar-refractivity contribution in [2.75, 3.05) is 6.61 Å². The molecule has 0 aromatic carbocycles. The quantitative estimate of drug-likeness (QED) is 0.478. The molecule has 0 spiro atoms. The van der Waals surface area contributed by atoms with E-state index in [4.69, 9.17) is 11.6 Å². The molecule has 0 aliphatic heterocycles. The molecular formula is C10H6ClF6NO3. The van der Waals surface area contributed by atoms with Crippen molar-refractivity contribution >= 4 is 17.6 Å². The second-order valence-electron chi connectivity index (χ2n) is 3.43. The van der Waals surface area contributed by atoms with Crippen LogP contribution < -0.4 is 4.74 Å². The Labute approximate surface area is 118 Å². The topological polar surface area (TPSA) is 48.4 Å². The van der Waals surface area contributed by atoms with Gasteiger partial charge >= 0.3 is 18.5 Å². The van der Waals surface area contributed by atoms with Gasteiger partial charge in [-0.3, -0.25) is 0 Å². The summed E-state index contributed by atoms with van der Waals surface area (Å²) in [6.07, 6.45) is -10.4. The minimum Gasteiger partial charge on any atom is -0.462 e. The van der Waals surface area contributed by atoms with Crippen LogP contribution in [-0.4, -0.2) is 23.9 Å². The van der Waals surface area contributed by atoms with Gasteiger partial charge in [-0.1, -0.05) is 11.6 Å². The van der Waals surface area contributed by atoms with Gasteiger partial charge in [0, 0.05) is 6.20 Å². The molecule has 0 N–H and O–H groups in total. The van der Waals surface area contributed by atoms with E-state index in [0.717, 1.165) is 0 Å². The molecule has 0 saturated heterocycles. The highest BCUT2D eigenvalue weighted by Crippen LogP contribution is 2.43. The summed E-state index contributed by atoms with van der Waals surface area (Å²) in [5.74, 6) is -3.25. The third-order valence-corrected chi connectivity index (χ3v) is 2.27. The molecule has 0 amide bonds. The summed E-state index contributed by atoms with van der Waals surface area (Å²) in [5.41, 5.74) is -3.14. The fraction of sp³-hybridized carbons (Fsp3) is 0.400. The Bertz CT molecular complexity index is 543. The molecule has 1 aromatic heterocycles. The third kappa shape index (κ3) is 4.38. The maximum Gasteiger partial charge on any atom is 0.573 e. The maximum absolute atomic E-state index is 12.8. The van der Waals surface area contributed by atoms with Gasteiger partial charge in [0.05, 0.1) is 6.61 Å². The highest BCUT2D eigenvalue weighted by Gasteiger charge is 2.44. The van der Waals surface area contributed by atoms with Crippen molar-refractivity contribution < 1.29 is 40.6 Å². The molecule has 118 valence electrons. The molecule has 1 rings (SSSR count). The van der Waals surface area contributed by atoms with Crippen LogP contribution in [0.15, 0.2) is 6.20 Å². The van der Waals surface area contributed by atoms with E-state index >= 15 is 0 Å². The van der Waals surface area contributed by atoms with E-state index in [1.54, 1.807) is 0 Å². The minimum atomic E-state index is -5.47. The van der Waals surface area contributed by atoms with Crippen molar-refractivity contribution in [3.8, 4) is 5.75 Å². The zero-order chi connectivity index (χ0) is 16.4. The summed E-state index contributed by atoms with van der Waals surface area (Å²) >= 11 is 5.17. The van der Waals surface area contributed by atoms with Gasteiger partial charge < -0.3 is 9.47 Å². The number of hydrogen-bond donors (Lipinski definition) is 0. The van der Waals surface area contributed by atoms with Crippen molar-refractivity contribution in [3.63, 3.8) is 0 Å². The molecule has 0 saturated carbocycles. The van der Waals surface area contributed by atoms with E-state index in [1.165, 1.54) is 6.92 Å². The third-order valence-electron chi connectivity index (χ3n) is 1.98. The van der Waals surface area contributed by atoms with E-state index in [9.17, 15) is 31.1 Å². The first-order chi connectivity index (χ1) is 9.47. The maximum atomic E-state index is 12.8. The monoisotopic (exact) mass is 337 g/mol. The van der Waals surface area contributed by atoms with Gasteiger partial charge in [-0.05, 0) is 6.92 Å². The van der Waals surface area contributed by atoms with Crippen molar-refractivity contribution in [1.29, 1.82) is 0 Å². The van der Waals surface area contributed by atoms with Gasteiger partial charge in [-0.25, -0.2) is 9.78 Å². The lowest BCUT2D eigenvalue weighted by Crippen LogP contribution is -2.23. The Morgan fingerprint density at radius 2 is 1.86 bits per heavy atom. The van der Waals surface area contributed by atoms with Crippen LogP contribution in [0.25, 0.3) is 0 Å². The van der Waals surface area contributed by atoms with E-state index < -0.39 is 40.5 Å². The molecule has 21 heavy (non-hydrogen) atoms. The largest absolute Gasteiger partial charge is 0.573 e. The number of aromatic nitrogens is 1. The molecule has 4 nitrogen and oxygen atoms in total. The number of pyridine rings is 1. The number of carbonyl (C=O) groups is 1. The standard InChI is InChI=1S/C10H6ClF6NO3/c1-2-20-8(19)4-3-18-7(11)5(9(12,13)14)6(4)21-10(15,16)17/h3H,2H2,1H3. The van der Waals surface area contributed by atoms with Crippen molar-refractivity contribution in [2.24, 2.45) is 0 Å². The Hall–Kier alpha value is -1.71. The average Bonchev–Trinajstić information content (AvgIpc) is 2.25. The summed E-state index contributed by atoms with van der Waals surface area (Å²) in [5, 5.41) is -1.28. The van der Waals surface area contributed by atoms with Crippen LogP contribution in [0.4, 0.5) is 26.3 Å². The Morgan fingerprint density at radius 1 is 1.29 bits per heavy atom. The van der Waals surface area contributed by atoms with Crippen molar-refractivity contribution in [1.82, 2.24) is 4.98 Å². The van der Waals surface area contributed by atoms with Crippen LogP contribution in [0.5, 0.6) is 5.75 Å². The lowest BCUT2D eigenvalue weighted by Gasteiger charge is -2.18. The zero-order valence-corrected chi connectivity index (χ0v) is 10.9. The molecule has 0 aliphatic carbocycles. The number of rotatable bonds is 3. The van der Waals surface area contributed by atoms with Crippen LogP contribution in [0.1, 0.15) is 22.8 Å². The molecule has 1 heterocycles. The van der Waals surface area contributed by atoms with E-state index in [2.05, 4.69) is 14.5 Å². The van der Waals surface area contributed by atoms with E-state index in [0.29, 0.717) is 6.20 Å². The summed E-state index contributed by atoms with van der Waals surface area (Å²) in [6.45, 7) is 1.05. The number of nitrogens with zero attached hydrogens (tertiary/aromatic N) is 1. The molecule has 0 radical (unpaired) electrons. The SMILES string of the molecule is CCOC(=O)c1cnc(Cl)c(C(F)(F)F)c1OC(F)(F)F. The number of carbonyl (C=O) groups excluding carboxylic acids is 1. The molecular weight excluding hydrogens is 332 g/mol. The van der Waals surface area contributed by atoms with Gasteiger partial charge in [-0.2, -0.15) is 13.2 Å². The summed E-state index contributed by atoms with van der Waals surface area (Å²) in [6, 6.07) is 0. The fourth-order valence-electron chi connectivity index (χ4n) is 1.29. The molecule has 0 bridgehead atoms. The molecule has 11 heteroatoms. The first kappa shape index (κ1) is 17.3. The fourth-order valence-corrected chi connectivity index (χ4v) is 1.54. The number of hydrogen-bond acceptors (Lipinski definition) is 4. The molecule has 0 fully saturated rings. The normalized spacial score (nSPS) is 12.2. The number of alkyl halides is 6. The average molecular weight is 338 g/mol. The van der Waals surface area contributed by atoms with Gasteiger partial charge in [0.1, 0.15) is 16.3 Å². The summed E-state index contributed by atoms with van der Waals surface area (Å²) in [4.78, 5) is 14.5.